The Morgan fingerprint density at radius 2 is 2.10 bits per heavy atom. The van der Waals surface area contributed by atoms with Crippen LogP contribution in [0.25, 0.3) is 0 Å². The number of methoxy groups -OCH3 is 1. The molecule has 0 heterocycles. The fraction of sp³-hybridized carbons (Fsp3) is 0.143. The van der Waals surface area contributed by atoms with Crippen molar-refractivity contribution in [2.45, 2.75) is 10.6 Å². The minimum Gasteiger partial charge on any atom is -0.496 e. The standard InChI is InChI=1S/C14H13ClN2O3S/c1-20-11-5-9(4-10(6-11)17(18)19)8-21-12-2-3-14(16)13(15)7-12/h2-7H,8,16H2,1H3. The van der Waals surface area contributed by atoms with Crippen LogP contribution in [0.3, 0.4) is 0 Å². The molecule has 0 saturated carbocycles. The highest BCUT2D eigenvalue weighted by molar-refractivity contribution is 7.98. The number of hydrogen-bond acceptors (Lipinski definition) is 5. The van der Waals surface area contributed by atoms with E-state index in [4.69, 9.17) is 22.1 Å². The Bertz CT molecular complexity index is 679. The van der Waals surface area contributed by atoms with Gasteiger partial charge in [-0.2, -0.15) is 0 Å². The predicted molar refractivity (Wildman–Crippen MR) is 85.1 cm³/mol. The van der Waals surface area contributed by atoms with Gasteiger partial charge in [0.15, 0.2) is 0 Å². The lowest BCUT2D eigenvalue weighted by atomic mass is 10.2. The van der Waals surface area contributed by atoms with Crippen LogP contribution in [-0.4, -0.2) is 12.0 Å². The SMILES string of the molecule is COc1cc(CSc2ccc(N)c(Cl)c2)cc([N+](=O)[O-])c1. The Hall–Kier alpha value is -1.92. The molecule has 0 spiro atoms. The average molecular weight is 325 g/mol. The highest BCUT2D eigenvalue weighted by Gasteiger charge is 2.10. The first-order valence-corrected chi connectivity index (χ1v) is 7.36. The molecule has 2 N–H and O–H groups in total. The highest BCUT2D eigenvalue weighted by atomic mass is 35.5. The monoisotopic (exact) mass is 324 g/mol. The van der Waals surface area contributed by atoms with E-state index in [1.807, 2.05) is 6.07 Å². The Morgan fingerprint density at radius 1 is 1.33 bits per heavy atom. The number of nitrogen functional groups attached to an aromatic ring is 1. The number of benzene rings is 2. The summed E-state index contributed by atoms with van der Waals surface area (Å²) in [6, 6.07) is 10.1. The molecule has 2 aromatic rings. The lowest BCUT2D eigenvalue weighted by Crippen LogP contribution is -1.93. The van der Waals surface area contributed by atoms with Crippen molar-refractivity contribution in [3.8, 4) is 5.75 Å². The van der Waals surface area contributed by atoms with Crippen LogP contribution in [0.1, 0.15) is 5.56 Å². The number of rotatable bonds is 5. The summed E-state index contributed by atoms with van der Waals surface area (Å²) in [5, 5.41) is 11.4. The van der Waals surface area contributed by atoms with Crippen LogP contribution in [0.2, 0.25) is 5.02 Å². The number of non-ortho nitro benzene ring substituents is 1. The van der Waals surface area contributed by atoms with Crippen LogP contribution in [-0.2, 0) is 5.75 Å². The van der Waals surface area contributed by atoms with Gasteiger partial charge in [-0.05, 0) is 29.8 Å². The van der Waals surface area contributed by atoms with E-state index in [-0.39, 0.29) is 5.69 Å². The zero-order chi connectivity index (χ0) is 15.4. The molecule has 0 aliphatic carbocycles. The lowest BCUT2D eigenvalue weighted by molar-refractivity contribution is -0.385. The Balaban J connectivity index is 2.17. The van der Waals surface area contributed by atoms with Crippen molar-refractivity contribution in [2.75, 3.05) is 12.8 Å². The second kappa shape index (κ2) is 6.69. The van der Waals surface area contributed by atoms with Gasteiger partial charge < -0.3 is 10.5 Å². The maximum Gasteiger partial charge on any atom is 0.273 e. The molecule has 0 atom stereocenters. The van der Waals surface area contributed by atoms with E-state index in [9.17, 15) is 10.1 Å². The molecule has 5 nitrogen and oxygen atoms in total. The molecule has 110 valence electrons. The summed E-state index contributed by atoms with van der Waals surface area (Å²) in [6.07, 6.45) is 0. The van der Waals surface area contributed by atoms with E-state index >= 15 is 0 Å². The first-order valence-electron chi connectivity index (χ1n) is 6.00. The van der Waals surface area contributed by atoms with E-state index in [2.05, 4.69) is 0 Å². The fourth-order valence-electron chi connectivity index (χ4n) is 1.71. The lowest BCUT2D eigenvalue weighted by Gasteiger charge is -2.06. The number of thioether (sulfide) groups is 1. The summed E-state index contributed by atoms with van der Waals surface area (Å²) in [7, 11) is 1.48. The van der Waals surface area contributed by atoms with Crippen molar-refractivity contribution in [3.05, 3.63) is 57.1 Å². The molecule has 2 aromatic carbocycles. The number of nitro groups is 1. The van der Waals surface area contributed by atoms with Crippen molar-refractivity contribution in [3.63, 3.8) is 0 Å². The Kier molecular flexibility index (Phi) is 4.93. The fourth-order valence-corrected chi connectivity index (χ4v) is 2.83. The molecule has 21 heavy (non-hydrogen) atoms. The van der Waals surface area contributed by atoms with Gasteiger partial charge in [0.1, 0.15) is 5.75 Å². The minimum absolute atomic E-state index is 0.0142. The van der Waals surface area contributed by atoms with Crippen LogP contribution in [0.15, 0.2) is 41.3 Å². The van der Waals surface area contributed by atoms with Crippen molar-refractivity contribution in [1.29, 1.82) is 0 Å². The number of nitrogens with zero attached hydrogens (tertiary/aromatic N) is 1. The maximum absolute atomic E-state index is 10.9. The molecule has 0 amide bonds. The molecule has 0 aromatic heterocycles. The summed E-state index contributed by atoms with van der Waals surface area (Å²) in [6.45, 7) is 0. The summed E-state index contributed by atoms with van der Waals surface area (Å²) in [5.74, 6) is 1.04. The summed E-state index contributed by atoms with van der Waals surface area (Å²) < 4.78 is 5.08. The summed E-state index contributed by atoms with van der Waals surface area (Å²) in [5.41, 5.74) is 7.00. The van der Waals surface area contributed by atoms with Crippen LogP contribution >= 0.6 is 23.4 Å². The first kappa shape index (κ1) is 15.5. The number of ether oxygens (including phenoxy) is 1. The van der Waals surface area contributed by atoms with Crippen LogP contribution in [0, 0.1) is 10.1 Å². The molecule has 0 bridgehead atoms. The summed E-state index contributed by atoms with van der Waals surface area (Å²) in [4.78, 5) is 11.4. The number of halogens is 1. The molecule has 0 saturated heterocycles. The van der Waals surface area contributed by atoms with Gasteiger partial charge in [0.2, 0.25) is 0 Å². The third-order valence-corrected chi connectivity index (χ3v) is 4.17. The van der Waals surface area contributed by atoms with E-state index in [0.29, 0.717) is 22.2 Å². The molecule has 0 fully saturated rings. The zero-order valence-corrected chi connectivity index (χ0v) is 12.8. The number of nitro benzene ring substituents is 1. The van der Waals surface area contributed by atoms with Crippen LogP contribution in [0.4, 0.5) is 11.4 Å². The first-order chi connectivity index (χ1) is 9.99. The molecular formula is C14H13ClN2O3S. The molecule has 7 heteroatoms. The number of nitrogens with two attached hydrogens (primary N) is 1. The highest BCUT2D eigenvalue weighted by Crippen LogP contribution is 2.31. The smallest absolute Gasteiger partial charge is 0.273 e. The topological polar surface area (TPSA) is 78.4 Å². The van der Waals surface area contributed by atoms with Crippen molar-refractivity contribution in [1.82, 2.24) is 0 Å². The largest absolute Gasteiger partial charge is 0.496 e. The van der Waals surface area contributed by atoms with Crippen molar-refractivity contribution < 1.29 is 9.66 Å². The number of anilines is 1. The van der Waals surface area contributed by atoms with E-state index in [1.165, 1.54) is 31.0 Å². The Labute approximate surface area is 131 Å². The van der Waals surface area contributed by atoms with Gasteiger partial charge in [-0.25, -0.2) is 0 Å². The van der Waals surface area contributed by atoms with Gasteiger partial charge in [0.25, 0.3) is 5.69 Å². The maximum atomic E-state index is 10.9. The molecule has 0 aliphatic heterocycles. The molecule has 0 radical (unpaired) electrons. The predicted octanol–water partition coefficient (Wildman–Crippen LogP) is 4.13. The zero-order valence-electron chi connectivity index (χ0n) is 11.2. The quantitative estimate of drug-likeness (QED) is 0.387. The molecular weight excluding hydrogens is 312 g/mol. The van der Waals surface area contributed by atoms with Gasteiger partial charge in [-0.3, -0.25) is 10.1 Å². The minimum atomic E-state index is -0.434. The van der Waals surface area contributed by atoms with E-state index < -0.39 is 4.92 Å². The molecule has 0 aliphatic rings. The second-order valence-electron chi connectivity index (χ2n) is 4.27. The third kappa shape index (κ3) is 4.03. The van der Waals surface area contributed by atoms with Gasteiger partial charge in [0.05, 0.1) is 28.8 Å². The van der Waals surface area contributed by atoms with Crippen molar-refractivity contribution >= 4 is 34.7 Å². The second-order valence-corrected chi connectivity index (χ2v) is 5.72. The van der Waals surface area contributed by atoms with Gasteiger partial charge in [-0.15, -0.1) is 11.8 Å². The average Bonchev–Trinajstić information content (AvgIpc) is 2.48. The summed E-state index contributed by atoms with van der Waals surface area (Å²) >= 11 is 7.48. The third-order valence-electron chi connectivity index (χ3n) is 2.78. The molecule has 2 rings (SSSR count). The van der Waals surface area contributed by atoms with E-state index in [1.54, 1.807) is 18.2 Å². The van der Waals surface area contributed by atoms with Gasteiger partial charge in [-0.1, -0.05) is 11.6 Å². The van der Waals surface area contributed by atoms with Crippen molar-refractivity contribution in [2.24, 2.45) is 0 Å². The Morgan fingerprint density at radius 3 is 2.71 bits per heavy atom. The van der Waals surface area contributed by atoms with E-state index in [0.717, 1.165) is 10.5 Å². The molecule has 0 unspecified atom stereocenters. The van der Waals surface area contributed by atoms with Gasteiger partial charge >= 0.3 is 0 Å². The normalized spacial score (nSPS) is 10.4. The van der Waals surface area contributed by atoms with Gasteiger partial charge in [0, 0.05) is 16.7 Å². The van der Waals surface area contributed by atoms with Crippen LogP contribution < -0.4 is 10.5 Å². The number of hydrogen-bond donors (Lipinski definition) is 1. The van der Waals surface area contributed by atoms with Crippen LogP contribution in [0.5, 0.6) is 5.75 Å².